The lowest BCUT2D eigenvalue weighted by Gasteiger charge is -2.18. The van der Waals surface area contributed by atoms with E-state index in [1.807, 2.05) is 20.8 Å². The van der Waals surface area contributed by atoms with Crippen LogP contribution in [0.2, 0.25) is 0 Å². The number of hydrogen-bond acceptors (Lipinski definition) is 5. The Morgan fingerprint density at radius 3 is 2.14 bits per heavy atom. The maximum atomic E-state index is 12.4. The van der Waals surface area contributed by atoms with Gasteiger partial charge in [-0.05, 0) is 37.3 Å². The quantitative estimate of drug-likeness (QED) is 0.577. The van der Waals surface area contributed by atoms with Crippen molar-refractivity contribution in [2.24, 2.45) is 5.41 Å². The highest BCUT2D eigenvalue weighted by Crippen LogP contribution is 2.21. The largest absolute Gasteiger partial charge is 0.481 e. The van der Waals surface area contributed by atoms with E-state index in [4.69, 9.17) is 4.74 Å². The number of non-ortho nitro benzene ring substituents is 1. The number of nitro groups is 1. The van der Waals surface area contributed by atoms with Crippen molar-refractivity contribution in [3.8, 4) is 5.75 Å². The van der Waals surface area contributed by atoms with Gasteiger partial charge in [-0.2, -0.15) is 0 Å². The standard InChI is InChI=1S/C20H23N3O5/c1-13(28-17-10-8-16(9-11-17)23(26)27)18(24)21-14-6-5-7-15(12-14)22-19(25)20(2,3)4/h5-13H,1-4H3,(H,21,24)(H,22,25). The van der Waals surface area contributed by atoms with Crippen molar-refractivity contribution in [2.45, 2.75) is 33.8 Å². The number of nitrogens with zero attached hydrogens (tertiary/aromatic N) is 1. The number of nitrogens with one attached hydrogen (secondary N) is 2. The highest BCUT2D eigenvalue weighted by molar-refractivity contribution is 5.97. The molecule has 28 heavy (non-hydrogen) atoms. The molecule has 0 aliphatic rings. The van der Waals surface area contributed by atoms with Crippen LogP contribution in [-0.2, 0) is 9.59 Å². The summed E-state index contributed by atoms with van der Waals surface area (Å²) in [6.45, 7) is 7.00. The van der Waals surface area contributed by atoms with Crippen molar-refractivity contribution in [3.63, 3.8) is 0 Å². The lowest BCUT2D eigenvalue weighted by molar-refractivity contribution is -0.384. The molecule has 2 aromatic carbocycles. The molecule has 0 saturated carbocycles. The molecule has 0 aliphatic carbocycles. The van der Waals surface area contributed by atoms with E-state index >= 15 is 0 Å². The predicted molar refractivity (Wildman–Crippen MR) is 106 cm³/mol. The van der Waals surface area contributed by atoms with Crippen LogP contribution in [0, 0.1) is 15.5 Å². The maximum Gasteiger partial charge on any atom is 0.269 e. The van der Waals surface area contributed by atoms with Gasteiger partial charge in [-0.25, -0.2) is 0 Å². The van der Waals surface area contributed by atoms with Gasteiger partial charge in [-0.1, -0.05) is 26.8 Å². The van der Waals surface area contributed by atoms with Gasteiger partial charge >= 0.3 is 0 Å². The van der Waals surface area contributed by atoms with Crippen LogP contribution in [0.4, 0.5) is 17.1 Å². The first kappa shape index (κ1) is 20.9. The van der Waals surface area contributed by atoms with Gasteiger partial charge in [0.2, 0.25) is 5.91 Å². The van der Waals surface area contributed by atoms with E-state index in [1.54, 1.807) is 31.2 Å². The Labute approximate surface area is 163 Å². The molecule has 1 atom stereocenters. The molecule has 1 unspecified atom stereocenters. The van der Waals surface area contributed by atoms with Gasteiger partial charge in [0.25, 0.3) is 11.6 Å². The molecule has 148 valence electrons. The lowest BCUT2D eigenvalue weighted by Crippen LogP contribution is -2.30. The first-order valence-corrected chi connectivity index (χ1v) is 8.70. The zero-order valence-electron chi connectivity index (χ0n) is 16.2. The molecule has 8 nitrogen and oxygen atoms in total. The van der Waals surface area contributed by atoms with Crippen LogP contribution < -0.4 is 15.4 Å². The fourth-order valence-corrected chi connectivity index (χ4v) is 2.14. The van der Waals surface area contributed by atoms with Gasteiger partial charge in [-0.3, -0.25) is 19.7 Å². The van der Waals surface area contributed by atoms with Gasteiger partial charge in [0.1, 0.15) is 5.75 Å². The summed E-state index contributed by atoms with van der Waals surface area (Å²) in [5.41, 5.74) is 0.489. The Kier molecular flexibility index (Phi) is 6.35. The SMILES string of the molecule is CC(Oc1ccc([N+](=O)[O-])cc1)C(=O)Nc1cccc(NC(=O)C(C)(C)C)c1. The third kappa shape index (κ3) is 5.80. The molecule has 0 bridgehead atoms. The maximum absolute atomic E-state index is 12.4. The molecule has 8 heteroatoms. The van der Waals surface area contributed by atoms with E-state index in [0.29, 0.717) is 17.1 Å². The van der Waals surface area contributed by atoms with Crippen LogP contribution in [0.1, 0.15) is 27.7 Å². The van der Waals surface area contributed by atoms with Crippen LogP contribution in [0.25, 0.3) is 0 Å². The number of nitro benzene ring substituents is 1. The number of anilines is 2. The Morgan fingerprint density at radius 2 is 1.61 bits per heavy atom. The van der Waals surface area contributed by atoms with Crippen molar-refractivity contribution >= 4 is 28.9 Å². The highest BCUT2D eigenvalue weighted by atomic mass is 16.6. The Balaban J connectivity index is 1.99. The number of amides is 2. The summed E-state index contributed by atoms with van der Waals surface area (Å²) in [6, 6.07) is 12.3. The van der Waals surface area contributed by atoms with Crippen molar-refractivity contribution in [1.29, 1.82) is 0 Å². The molecular formula is C20H23N3O5. The summed E-state index contributed by atoms with van der Waals surface area (Å²) in [6.07, 6.45) is -0.825. The molecule has 0 spiro atoms. The zero-order valence-corrected chi connectivity index (χ0v) is 16.2. The highest BCUT2D eigenvalue weighted by Gasteiger charge is 2.21. The summed E-state index contributed by atoms with van der Waals surface area (Å²) < 4.78 is 5.52. The summed E-state index contributed by atoms with van der Waals surface area (Å²) in [5, 5.41) is 16.2. The number of benzene rings is 2. The molecule has 0 aromatic heterocycles. The van der Waals surface area contributed by atoms with Gasteiger partial charge < -0.3 is 15.4 Å². The van der Waals surface area contributed by atoms with Crippen molar-refractivity contribution in [2.75, 3.05) is 10.6 Å². The molecule has 0 heterocycles. The van der Waals surface area contributed by atoms with Gasteiger partial charge in [0.05, 0.1) is 4.92 Å². The van der Waals surface area contributed by atoms with E-state index in [9.17, 15) is 19.7 Å². The summed E-state index contributed by atoms with van der Waals surface area (Å²) in [4.78, 5) is 34.6. The average molecular weight is 385 g/mol. The molecule has 0 radical (unpaired) electrons. The van der Waals surface area contributed by atoms with Crippen LogP contribution >= 0.6 is 0 Å². The number of ether oxygens (including phenoxy) is 1. The van der Waals surface area contributed by atoms with E-state index in [0.717, 1.165) is 0 Å². The van der Waals surface area contributed by atoms with E-state index in [1.165, 1.54) is 24.3 Å². The molecule has 0 fully saturated rings. The normalized spacial score (nSPS) is 12.0. The summed E-state index contributed by atoms with van der Waals surface area (Å²) in [7, 11) is 0. The van der Waals surface area contributed by atoms with E-state index in [2.05, 4.69) is 10.6 Å². The molecular weight excluding hydrogens is 362 g/mol. The van der Waals surface area contributed by atoms with Gasteiger partial charge in [-0.15, -0.1) is 0 Å². The van der Waals surface area contributed by atoms with Gasteiger partial charge in [0, 0.05) is 28.9 Å². The Hall–Kier alpha value is -3.42. The Morgan fingerprint density at radius 1 is 1.04 bits per heavy atom. The number of carbonyl (C=O) groups excluding carboxylic acids is 2. The third-order valence-corrected chi connectivity index (χ3v) is 3.80. The fourth-order valence-electron chi connectivity index (χ4n) is 2.14. The molecule has 2 amide bonds. The smallest absolute Gasteiger partial charge is 0.269 e. The van der Waals surface area contributed by atoms with Crippen molar-refractivity contribution < 1.29 is 19.2 Å². The van der Waals surface area contributed by atoms with Crippen molar-refractivity contribution in [3.05, 3.63) is 58.6 Å². The zero-order chi connectivity index (χ0) is 20.9. The molecule has 0 saturated heterocycles. The first-order chi connectivity index (χ1) is 13.1. The minimum Gasteiger partial charge on any atom is -0.481 e. The second-order valence-electron chi connectivity index (χ2n) is 7.29. The topological polar surface area (TPSA) is 111 Å². The van der Waals surface area contributed by atoms with E-state index < -0.39 is 22.3 Å². The average Bonchev–Trinajstić information content (AvgIpc) is 2.61. The second kappa shape index (κ2) is 8.51. The van der Waals surface area contributed by atoms with Gasteiger partial charge in [0.15, 0.2) is 6.10 Å². The number of carbonyl (C=O) groups is 2. The third-order valence-electron chi connectivity index (χ3n) is 3.80. The monoisotopic (exact) mass is 385 g/mol. The number of hydrogen-bond donors (Lipinski definition) is 2. The van der Waals surface area contributed by atoms with Crippen LogP contribution in [0.3, 0.4) is 0 Å². The second-order valence-corrected chi connectivity index (χ2v) is 7.29. The minimum atomic E-state index is -0.825. The van der Waals surface area contributed by atoms with Crippen LogP contribution in [-0.4, -0.2) is 22.8 Å². The first-order valence-electron chi connectivity index (χ1n) is 8.70. The minimum absolute atomic E-state index is 0.0569. The van der Waals surface area contributed by atoms with Crippen molar-refractivity contribution in [1.82, 2.24) is 0 Å². The number of rotatable bonds is 6. The summed E-state index contributed by atoms with van der Waals surface area (Å²) in [5.74, 6) is -0.178. The summed E-state index contributed by atoms with van der Waals surface area (Å²) >= 11 is 0. The molecule has 2 aromatic rings. The molecule has 0 aliphatic heterocycles. The fraction of sp³-hybridized carbons (Fsp3) is 0.300. The predicted octanol–water partition coefficient (Wildman–Crippen LogP) is 3.99. The lowest BCUT2D eigenvalue weighted by atomic mass is 9.95. The molecule has 2 N–H and O–H groups in total. The molecule has 2 rings (SSSR count). The van der Waals surface area contributed by atoms with Crippen LogP contribution in [0.5, 0.6) is 5.75 Å². The van der Waals surface area contributed by atoms with E-state index in [-0.39, 0.29) is 11.6 Å². The Bertz CT molecular complexity index is 872. The van der Waals surface area contributed by atoms with Crippen LogP contribution in [0.15, 0.2) is 48.5 Å².